The van der Waals surface area contributed by atoms with Crippen LogP contribution in [0.2, 0.25) is 0 Å². The van der Waals surface area contributed by atoms with Crippen molar-refractivity contribution in [2.45, 2.75) is 59.7 Å². The lowest BCUT2D eigenvalue weighted by Crippen LogP contribution is -2.36. The molecule has 13 heavy (non-hydrogen) atoms. The molecule has 0 bridgehead atoms. The molecule has 2 fully saturated rings. The smallest absolute Gasteiger partial charge is 0.0895 e. The fourth-order valence-corrected chi connectivity index (χ4v) is 2.82. The third kappa shape index (κ3) is 1.52. The molecule has 2 aliphatic rings. The van der Waals surface area contributed by atoms with Crippen LogP contribution < -0.4 is 0 Å². The molecule has 1 nitrogen and oxygen atoms in total. The molecule has 1 aliphatic heterocycles. The van der Waals surface area contributed by atoms with Gasteiger partial charge in [0.25, 0.3) is 0 Å². The van der Waals surface area contributed by atoms with E-state index in [0.717, 1.165) is 5.92 Å². The van der Waals surface area contributed by atoms with Crippen molar-refractivity contribution in [1.29, 1.82) is 0 Å². The Kier molecular flexibility index (Phi) is 1.83. The van der Waals surface area contributed by atoms with E-state index in [2.05, 4.69) is 34.6 Å². The van der Waals surface area contributed by atoms with Crippen LogP contribution in [0.1, 0.15) is 47.5 Å². The molecule has 1 saturated carbocycles. The number of ether oxygens (including phenoxy) is 1. The van der Waals surface area contributed by atoms with Crippen molar-refractivity contribution in [3.05, 3.63) is 0 Å². The first-order valence-electron chi connectivity index (χ1n) is 5.48. The number of rotatable bonds is 0. The van der Waals surface area contributed by atoms with E-state index < -0.39 is 0 Å². The molecule has 2 rings (SSSR count). The van der Waals surface area contributed by atoms with Crippen molar-refractivity contribution >= 4 is 0 Å². The summed E-state index contributed by atoms with van der Waals surface area (Å²) in [6.45, 7) is 11.7. The summed E-state index contributed by atoms with van der Waals surface area (Å²) in [4.78, 5) is 0. The third-order valence-corrected chi connectivity index (χ3v) is 3.90. The number of fused-ring (bicyclic) bond motifs is 1. The Balaban J connectivity index is 2.08. The summed E-state index contributed by atoms with van der Waals surface area (Å²) >= 11 is 0. The topological polar surface area (TPSA) is 12.5 Å². The molecule has 76 valence electrons. The Labute approximate surface area is 81.9 Å². The average Bonchev–Trinajstić information content (AvgIpc) is 2.62. The minimum Gasteiger partial charge on any atom is -0.369 e. The maximum absolute atomic E-state index is 5.83. The molecule has 0 N–H and O–H groups in total. The van der Waals surface area contributed by atoms with Crippen LogP contribution in [0.15, 0.2) is 0 Å². The quantitative estimate of drug-likeness (QED) is 0.524. The largest absolute Gasteiger partial charge is 0.369 e. The molecular formula is C12H22O. The van der Waals surface area contributed by atoms with E-state index in [1.165, 1.54) is 12.8 Å². The summed E-state index contributed by atoms with van der Waals surface area (Å²) in [6.07, 6.45) is 3.81. The molecule has 1 heterocycles. The molecule has 0 amide bonds. The van der Waals surface area contributed by atoms with Crippen molar-refractivity contribution < 1.29 is 4.74 Å². The van der Waals surface area contributed by atoms with E-state index in [4.69, 9.17) is 4.74 Å². The van der Waals surface area contributed by atoms with Gasteiger partial charge in [0, 0.05) is 0 Å². The predicted octanol–water partition coefficient (Wildman–Crippen LogP) is 3.24. The van der Waals surface area contributed by atoms with Gasteiger partial charge in [-0.25, -0.2) is 0 Å². The second-order valence-electron chi connectivity index (χ2n) is 6.52. The van der Waals surface area contributed by atoms with Crippen LogP contribution in [0.5, 0.6) is 0 Å². The van der Waals surface area contributed by atoms with E-state index in [-0.39, 0.29) is 0 Å². The van der Waals surface area contributed by atoms with Crippen LogP contribution in [0.25, 0.3) is 0 Å². The van der Waals surface area contributed by atoms with Gasteiger partial charge in [-0.1, -0.05) is 34.6 Å². The Bertz CT molecular complexity index is 212. The van der Waals surface area contributed by atoms with Gasteiger partial charge in [-0.15, -0.1) is 0 Å². The first kappa shape index (κ1) is 9.51. The highest BCUT2D eigenvalue weighted by Crippen LogP contribution is 2.55. The average molecular weight is 182 g/mol. The van der Waals surface area contributed by atoms with Gasteiger partial charge in [0.2, 0.25) is 0 Å². The predicted molar refractivity (Wildman–Crippen MR) is 54.6 cm³/mol. The number of hydrogen-bond acceptors (Lipinski definition) is 1. The zero-order valence-electron chi connectivity index (χ0n) is 9.55. The maximum Gasteiger partial charge on any atom is 0.0895 e. The van der Waals surface area contributed by atoms with Crippen LogP contribution in [-0.2, 0) is 4.74 Å². The zero-order valence-corrected chi connectivity index (χ0v) is 9.55. The van der Waals surface area contributed by atoms with E-state index in [1.54, 1.807) is 0 Å². The number of epoxide rings is 1. The lowest BCUT2D eigenvalue weighted by Gasteiger charge is -2.37. The molecule has 1 aliphatic carbocycles. The summed E-state index contributed by atoms with van der Waals surface area (Å²) < 4.78 is 5.83. The molecule has 0 aromatic heterocycles. The second-order valence-corrected chi connectivity index (χ2v) is 6.52. The monoisotopic (exact) mass is 182 g/mol. The van der Waals surface area contributed by atoms with E-state index in [9.17, 15) is 0 Å². The molecule has 3 atom stereocenters. The molecular weight excluding hydrogens is 160 g/mol. The molecule has 3 unspecified atom stereocenters. The van der Waals surface area contributed by atoms with Gasteiger partial charge < -0.3 is 4.74 Å². The zero-order chi connectivity index (χ0) is 9.85. The van der Waals surface area contributed by atoms with Gasteiger partial charge in [0.15, 0.2) is 0 Å². The van der Waals surface area contributed by atoms with Crippen LogP contribution in [-0.4, -0.2) is 12.2 Å². The maximum atomic E-state index is 5.83. The Morgan fingerprint density at radius 2 is 1.85 bits per heavy atom. The Morgan fingerprint density at radius 3 is 2.38 bits per heavy atom. The summed E-state index contributed by atoms with van der Waals surface area (Å²) in [6, 6.07) is 0. The minimum absolute atomic E-state index is 0.427. The first-order valence-corrected chi connectivity index (χ1v) is 5.48. The van der Waals surface area contributed by atoms with Crippen LogP contribution >= 0.6 is 0 Å². The van der Waals surface area contributed by atoms with E-state index in [1.807, 2.05) is 0 Å². The highest BCUT2D eigenvalue weighted by molar-refractivity contribution is 5.06. The van der Waals surface area contributed by atoms with Crippen molar-refractivity contribution in [1.82, 2.24) is 0 Å². The highest BCUT2D eigenvalue weighted by Gasteiger charge is 2.58. The SMILES string of the molecule is CC(C)(C)C1CCC(C)(C)C2OC12. The normalized spacial score (nSPS) is 42.7. The molecule has 0 aromatic carbocycles. The van der Waals surface area contributed by atoms with Crippen LogP contribution in [0.3, 0.4) is 0 Å². The number of hydrogen-bond donors (Lipinski definition) is 0. The summed E-state index contributed by atoms with van der Waals surface area (Å²) in [7, 11) is 0. The molecule has 1 saturated heterocycles. The molecule has 0 radical (unpaired) electrons. The fourth-order valence-electron chi connectivity index (χ4n) is 2.82. The van der Waals surface area contributed by atoms with Gasteiger partial charge in [-0.2, -0.15) is 0 Å². The van der Waals surface area contributed by atoms with Gasteiger partial charge >= 0.3 is 0 Å². The lowest BCUT2D eigenvalue weighted by molar-refractivity contribution is 0.144. The van der Waals surface area contributed by atoms with E-state index in [0.29, 0.717) is 23.0 Å². The summed E-state index contributed by atoms with van der Waals surface area (Å²) in [5.41, 5.74) is 0.863. The van der Waals surface area contributed by atoms with Gasteiger partial charge in [-0.05, 0) is 29.6 Å². The van der Waals surface area contributed by atoms with Crippen molar-refractivity contribution in [2.24, 2.45) is 16.7 Å². The standard InChI is InChI=1S/C12H22O/c1-11(2,3)8-6-7-12(4,5)10-9(8)13-10/h8-10H,6-7H2,1-5H3. The fraction of sp³-hybridized carbons (Fsp3) is 1.00. The van der Waals surface area contributed by atoms with Gasteiger partial charge in [-0.3, -0.25) is 0 Å². The first-order chi connectivity index (χ1) is 5.82. The molecule has 0 spiro atoms. The van der Waals surface area contributed by atoms with Gasteiger partial charge in [0.1, 0.15) is 0 Å². The van der Waals surface area contributed by atoms with Crippen molar-refractivity contribution in [2.75, 3.05) is 0 Å². The lowest BCUT2D eigenvalue weighted by atomic mass is 9.65. The Morgan fingerprint density at radius 1 is 1.23 bits per heavy atom. The molecule has 1 heteroatoms. The highest BCUT2D eigenvalue weighted by atomic mass is 16.6. The summed E-state index contributed by atoms with van der Waals surface area (Å²) in [5, 5.41) is 0. The summed E-state index contributed by atoms with van der Waals surface area (Å²) in [5.74, 6) is 0.783. The minimum atomic E-state index is 0.427. The Hall–Kier alpha value is -0.0400. The third-order valence-electron chi connectivity index (χ3n) is 3.90. The van der Waals surface area contributed by atoms with Gasteiger partial charge in [0.05, 0.1) is 12.2 Å². The van der Waals surface area contributed by atoms with Crippen LogP contribution in [0.4, 0.5) is 0 Å². The van der Waals surface area contributed by atoms with Crippen molar-refractivity contribution in [3.63, 3.8) is 0 Å². The van der Waals surface area contributed by atoms with E-state index >= 15 is 0 Å². The van der Waals surface area contributed by atoms with Crippen LogP contribution in [0, 0.1) is 16.7 Å². The molecule has 0 aromatic rings. The second kappa shape index (κ2) is 2.50. The van der Waals surface area contributed by atoms with Crippen molar-refractivity contribution in [3.8, 4) is 0 Å².